The zero-order valence-corrected chi connectivity index (χ0v) is 12.1. The van der Waals surface area contributed by atoms with E-state index in [4.69, 9.17) is 5.73 Å². The summed E-state index contributed by atoms with van der Waals surface area (Å²) in [5.41, 5.74) is 5.90. The number of hydrogen-bond acceptors (Lipinski definition) is 4. The van der Waals surface area contributed by atoms with Crippen LogP contribution in [0, 0.1) is 10.1 Å². The summed E-state index contributed by atoms with van der Waals surface area (Å²) in [6.45, 7) is 0. The van der Waals surface area contributed by atoms with E-state index in [0.717, 1.165) is 0 Å². The minimum absolute atomic E-state index is 0.0505. The molecule has 118 valence electrons. The number of nitro groups is 1. The molecule has 2 amide bonds. The normalized spacial score (nSPS) is 11.5. The van der Waals surface area contributed by atoms with Crippen molar-refractivity contribution in [3.05, 3.63) is 75.8 Å². The van der Waals surface area contributed by atoms with Crippen LogP contribution in [-0.4, -0.2) is 22.8 Å². The molecule has 0 heterocycles. The summed E-state index contributed by atoms with van der Waals surface area (Å²) >= 11 is 0. The Bertz CT molecular complexity index is 731. The number of nitrogens with one attached hydrogen (secondary N) is 1. The van der Waals surface area contributed by atoms with E-state index in [9.17, 15) is 19.7 Å². The average Bonchev–Trinajstić information content (AvgIpc) is 2.55. The number of nitrogens with zero attached hydrogens (tertiary/aromatic N) is 1. The Hall–Kier alpha value is -3.22. The molecule has 0 fully saturated rings. The third-order valence-corrected chi connectivity index (χ3v) is 3.30. The Kier molecular flexibility index (Phi) is 5.03. The molecule has 7 nitrogen and oxygen atoms in total. The lowest BCUT2D eigenvalue weighted by atomic mass is 10.0. The van der Waals surface area contributed by atoms with Crippen molar-refractivity contribution in [1.82, 2.24) is 5.32 Å². The molecule has 1 atom stereocenters. The van der Waals surface area contributed by atoms with Gasteiger partial charge in [0.15, 0.2) is 0 Å². The molecule has 0 spiro atoms. The third kappa shape index (κ3) is 4.13. The number of nitrogens with two attached hydrogens (primary N) is 1. The van der Waals surface area contributed by atoms with Gasteiger partial charge in [0, 0.05) is 23.6 Å². The molecule has 0 aromatic heterocycles. The van der Waals surface area contributed by atoms with Crippen LogP contribution < -0.4 is 11.1 Å². The zero-order chi connectivity index (χ0) is 16.8. The molecule has 2 aromatic carbocycles. The highest BCUT2D eigenvalue weighted by Crippen LogP contribution is 2.19. The first kappa shape index (κ1) is 16.2. The molecule has 3 N–H and O–H groups in total. The minimum atomic E-state index is -1.04. The van der Waals surface area contributed by atoms with E-state index < -0.39 is 22.8 Å². The summed E-state index contributed by atoms with van der Waals surface area (Å²) in [4.78, 5) is 34.2. The van der Waals surface area contributed by atoms with Gasteiger partial charge in [-0.3, -0.25) is 19.7 Å². The zero-order valence-electron chi connectivity index (χ0n) is 12.1. The van der Waals surface area contributed by atoms with Crippen LogP contribution in [0.15, 0.2) is 54.6 Å². The standard InChI is InChI=1S/C16H15N3O4/c17-15(20)13(18-16(21)11-6-2-1-3-7-11)10-12-8-4-5-9-14(12)19(22)23/h1-9,13H,10H2,(H2,17,20)(H,18,21)/t13-/m0/s1. The maximum atomic E-state index is 12.1. The molecule has 0 unspecified atom stereocenters. The van der Waals surface area contributed by atoms with Gasteiger partial charge in [0.25, 0.3) is 11.6 Å². The van der Waals surface area contributed by atoms with Crippen molar-refractivity contribution in [2.75, 3.05) is 0 Å². The smallest absolute Gasteiger partial charge is 0.272 e. The van der Waals surface area contributed by atoms with Crippen LogP contribution in [-0.2, 0) is 11.2 Å². The van der Waals surface area contributed by atoms with Gasteiger partial charge in [0.2, 0.25) is 5.91 Å². The van der Waals surface area contributed by atoms with E-state index in [1.54, 1.807) is 36.4 Å². The van der Waals surface area contributed by atoms with E-state index in [-0.39, 0.29) is 12.1 Å². The third-order valence-electron chi connectivity index (χ3n) is 3.30. The molecule has 23 heavy (non-hydrogen) atoms. The van der Waals surface area contributed by atoms with Crippen molar-refractivity contribution in [3.63, 3.8) is 0 Å². The predicted octanol–water partition coefficient (Wildman–Crippen LogP) is 1.42. The molecule has 2 aromatic rings. The predicted molar refractivity (Wildman–Crippen MR) is 83.7 cm³/mol. The topological polar surface area (TPSA) is 115 Å². The van der Waals surface area contributed by atoms with Gasteiger partial charge in [-0.05, 0) is 12.1 Å². The molecule has 0 saturated heterocycles. The summed E-state index contributed by atoms with van der Waals surface area (Å²) < 4.78 is 0. The summed E-state index contributed by atoms with van der Waals surface area (Å²) in [6.07, 6.45) is -0.0505. The van der Waals surface area contributed by atoms with Crippen LogP contribution in [0.25, 0.3) is 0 Å². The highest BCUT2D eigenvalue weighted by molar-refractivity contribution is 5.97. The van der Waals surface area contributed by atoms with Gasteiger partial charge in [-0.25, -0.2) is 0 Å². The van der Waals surface area contributed by atoms with Gasteiger partial charge in [0.1, 0.15) is 6.04 Å². The lowest BCUT2D eigenvalue weighted by molar-refractivity contribution is -0.385. The van der Waals surface area contributed by atoms with Crippen molar-refractivity contribution >= 4 is 17.5 Å². The number of rotatable bonds is 6. The quantitative estimate of drug-likeness (QED) is 0.619. The summed E-state index contributed by atoms with van der Waals surface area (Å²) in [5.74, 6) is -1.22. The van der Waals surface area contributed by atoms with Crippen molar-refractivity contribution < 1.29 is 14.5 Å². The van der Waals surface area contributed by atoms with Crippen LogP contribution in [0.5, 0.6) is 0 Å². The fourth-order valence-corrected chi connectivity index (χ4v) is 2.14. The lowest BCUT2D eigenvalue weighted by Crippen LogP contribution is -2.45. The SMILES string of the molecule is NC(=O)[C@H](Cc1ccccc1[N+](=O)[O-])NC(=O)c1ccccc1. The second-order valence-corrected chi connectivity index (χ2v) is 4.88. The second-order valence-electron chi connectivity index (χ2n) is 4.88. The van der Waals surface area contributed by atoms with Crippen LogP contribution >= 0.6 is 0 Å². The first-order valence-electron chi connectivity index (χ1n) is 6.86. The average molecular weight is 313 g/mol. The van der Waals surface area contributed by atoms with Gasteiger partial charge in [-0.2, -0.15) is 0 Å². The second kappa shape index (κ2) is 7.17. The number of para-hydroxylation sites is 1. The fraction of sp³-hybridized carbons (Fsp3) is 0.125. The number of amides is 2. The Morgan fingerprint density at radius 2 is 1.70 bits per heavy atom. The van der Waals surface area contributed by atoms with E-state index in [0.29, 0.717) is 11.1 Å². The molecular formula is C16H15N3O4. The van der Waals surface area contributed by atoms with E-state index in [1.807, 2.05) is 0 Å². The molecular weight excluding hydrogens is 298 g/mol. The van der Waals surface area contributed by atoms with Gasteiger partial charge in [-0.15, -0.1) is 0 Å². The van der Waals surface area contributed by atoms with Gasteiger partial charge >= 0.3 is 0 Å². The molecule has 7 heteroatoms. The Morgan fingerprint density at radius 3 is 2.30 bits per heavy atom. The van der Waals surface area contributed by atoms with Crippen molar-refractivity contribution in [3.8, 4) is 0 Å². The monoisotopic (exact) mass is 313 g/mol. The van der Waals surface area contributed by atoms with Crippen LogP contribution in [0.2, 0.25) is 0 Å². The first-order chi connectivity index (χ1) is 11.0. The summed E-state index contributed by atoms with van der Waals surface area (Å²) in [7, 11) is 0. The molecule has 2 rings (SSSR count). The van der Waals surface area contributed by atoms with Gasteiger partial charge in [-0.1, -0.05) is 36.4 Å². The number of benzene rings is 2. The number of nitro benzene ring substituents is 1. The van der Waals surface area contributed by atoms with Gasteiger partial charge < -0.3 is 11.1 Å². The lowest BCUT2D eigenvalue weighted by Gasteiger charge is -2.15. The maximum absolute atomic E-state index is 12.1. The minimum Gasteiger partial charge on any atom is -0.368 e. The van der Waals surface area contributed by atoms with E-state index in [1.165, 1.54) is 18.2 Å². The molecule has 0 bridgehead atoms. The van der Waals surface area contributed by atoms with Crippen LogP contribution in [0.4, 0.5) is 5.69 Å². The van der Waals surface area contributed by atoms with Crippen molar-refractivity contribution in [2.24, 2.45) is 5.73 Å². The van der Waals surface area contributed by atoms with Crippen LogP contribution in [0.1, 0.15) is 15.9 Å². The molecule has 0 saturated carbocycles. The highest BCUT2D eigenvalue weighted by Gasteiger charge is 2.23. The number of hydrogen-bond donors (Lipinski definition) is 2. The first-order valence-corrected chi connectivity index (χ1v) is 6.86. The Labute approximate surface area is 132 Å². The largest absolute Gasteiger partial charge is 0.368 e. The van der Waals surface area contributed by atoms with E-state index in [2.05, 4.69) is 5.32 Å². The number of carbonyl (C=O) groups excluding carboxylic acids is 2. The highest BCUT2D eigenvalue weighted by atomic mass is 16.6. The summed E-state index contributed by atoms with van der Waals surface area (Å²) in [5, 5.41) is 13.5. The molecule has 0 aliphatic heterocycles. The van der Waals surface area contributed by atoms with E-state index >= 15 is 0 Å². The number of primary amides is 1. The van der Waals surface area contributed by atoms with Gasteiger partial charge in [0.05, 0.1) is 4.92 Å². The fourth-order valence-electron chi connectivity index (χ4n) is 2.14. The molecule has 0 aliphatic rings. The van der Waals surface area contributed by atoms with Crippen molar-refractivity contribution in [2.45, 2.75) is 12.5 Å². The summed E-state index contributed by atoms with van der Waals surface area (Å²) in [6, 6.07) is 13.3. The van der Waals surface area contributed by atoms with Crippen molar-refractivity contribution in [1.29, 1.82) is 0 Å². The van der Waals surface area contributed by atoms with Crippen LogP contribution in [0.3, 0.4) is 0 Å². The molecule has 0 radical (unpaired) electrons. The Balaban J connectivity index is 2.19. The molecule has 0 aliphatic carbocycles. The number of carbonyl (C=O) groups is 2. The maximum Gasteiger partial charge on any atom is 0.272 e. The Morgan fingerprint density at radius 1 is 1.09 bits per heavy atom.